The highest BCUT2D eigenvalue weighted by Gasteiger charge is 2.03. The Morgan fingerprint density at radius 3 is 2.88 bits per heavy atom. The number of hydrogen-bond donors (Lipinski definition) is 1. The minimum Gasteiger partial charge on any atom is -0.488 e. The lowest BCUT2D eigenvalue weighted by molar-refractivity contribution is 0.306. The third-order valence-electron chi connectivity index (χ3n) is 2.19. The average molecular weight is 298 g/mol. The average Bonchev–Trinajstić information content (AvgIpc) is 2.80. The number of rotatable bonds is 4. The number of ether oxygens (including phenoxy) is 1. The molecule has 0 bridgehead atoms. The normalized spacial score (nSPS) is 10.4. The van der Waals surface area contributed by atoms with Crippen molar-refractivity contribution in [2.75, 3.05) is 0 Å². The first-order valence-corrected chi connectivity index (χ1v) is 6.60. The third kappa shape index (κ3) is 2.84. The van der Waals surface area contributed by atoms with Gasteiger partial charge in [-0.05, 0) is 29.6 Å². The standard InChI is InChI=1S/C12H12BrNOS/c13-10-3-4-12(9(6-10)7-14)15-8-11-2-1-5-16-11/h1-6H,7-8,14H2. The van der Waals surface area contributed by atoms with Gasteiger partial charge in [-0.3, -0.25) is 0 Å². The molecule has 0 saturated carbocycles. The van der Waals surface area contributed by atoms with Crippen molar-refractivity contribution in [1.29, 1.82) is 0 Å². The quantitative estimate of drug-likeness (QED) is 0.937. The minimum atomic E-state index is 0.485. The van der Waals surface area contributed by atoms with E-state index in [2.05, 4.69) is 22.0 Å². The summed E-state index contributed by atoms with van der Waals surface area (Å²) >= 11 is 5.11. The molecule has 0 unspecified atom stereocenters. The summed E-state index contributed by atoms with van der Waals surface area (Å²) in [5.74, 6) is 0.860. The van der Waals surface area contributed by atoms with Gasteiger partial charge in [-0.1, -0.05) is 22.0 Å². The van der Waals surface area contributed by atoms with E-state index in [4.69, 9.17) is 10.5 Å². The molecule has 1 aromatic heterocycles. The molecule has 0 amide bonds. The van der Waals surface area contributed by atoms with E-state index in [-0.39, 0.29) is 0 Å². The first-order valence-electron chi connectivity index (χ1n) is 4.93. The van der Waals surface area contributed by atoms with Gasteiger partial charge in [-0.15, -0.1) is 11.3 Å². The van der Waals surface area contributed by atoms with E-state index in [0.29, 0.717) is 13.2 Å². The number of thiophene rings is 1. The van der Waals surface area contributed by atoms with Crippen molar-refractivity contribution in [3.8, 4) is 5.75 Å². The Kier molecular flexibility index (Phi) is 3.98. The van der Waals surface area contributed by atoms with Crippen molar-refractivity contribution in [3.05, 3.63) is 50.6 Å². The third-order valence-corrected chi connectivity index (χ3v) is 3.54. The van der Waals surface area contributed by atoms with Gasteiger partial charge in [0.25, 0.3) is 0 Å². The van der Waals surface area contributed by atoms with Gasteiger partial charge in [-0.2, -0.15) is 0 Å². The smallest absolute Gasteiger partial charge is 0.124 e. The Morgan fingerprint density at radius 1 is 1.31 bits per heavy atom. The molecule has 2 N–H and O–H groups in total. The van der Waals surface area contributed by atoms with Crippen molar-refractivity contribution in [3.63, 3.8) is 0 Å². The molecule has 2 nitrogen and oxygen atoms in total. The monoisotopic (exact) mass is 297 g/mol. The SMILES string of the molecule is NCc1cc(Br)ccc1OCc1cccs1. The maximum Gasteiger partial charge on any atom is 0.124 e. The van der Waals surface area contributed by atoms with Crippen molar-refractivity contribution < 1.29 is 4.74 Å². The lowest BCUT2D eigenvalue weighted by Gasteiger charge is -2.09. The molecule has 2 rings (SSSR count). The van der Waals surface area contributed by atoms with E-state index in [9.17, 15) is 0 Å². The van der Waals surface area contributed by atoms with Crippen LogP contribution in [-0.2, 0) is 13.2 Å². The van der Waals surface area contributed by atoms with Gasteiger partial charge < -0.3 is 10.5 Å². The fourth-order valence-electron chi connectivity index (χ4n) is 1.39. The second-order valence-electron chi connectivity index (χ2n) is 3.32. The van der Waals surface area contributed by atoms with Crippen LogP contribution in [0.25, 0.3) is 0 Å². The van der Waals surface area contributed by atoms with Crippen LogP contribution in [0.2, 0.25) is 0 Å². The lowest BCUT2D eigenvalue weighted by atomic mass is 10.2. The highest BCUT2D eigenvalue weighted by Crippen LogP contribution is 2.24. The zero-order valence-corrected chi connectivity index (χ0v) is 11.1. The Bertz CT molecular complexity index is 456. The molecule has 84 valence electrons. The van der Waals surface area contributed by atoms with Gasteiger partial charge in [0.15, 0.2) is 0 Å². The Hall–Kier alpha value is -0.840. The number of benzene rings is 1. The van der Waals surface area contributed by atoms with Crippen LogP contribution in [0.5, 0.6) is 5.75 Å². The molecule has 0 aliphatic carbocycles. The number of halogens is 1. The van der Waals surface area contributed by atoms with E-state index >= 15 is 0 Å². The summed E-state index contributed by atoms with van der Waals surface area (Å²) in [5, 5.41) is 2.05. The fourth-order valence-corrected chi connectivity index (χ4v) is 2.42. The van der Waals surface area contributed by atoms with Crippen LogP contribution in [0, 0.1) is 0 Å². The Balaban J connectivity index is 2.09. The molecule has 0 radical (unpaired) electrons. The maximum atomic E-state index is 5.74. The highest BCUT2D eigenvalue weighted by atomic mass is 79.9. The molecule has 2 aromatic rings. The molecular weight excluding hydrogens is 286 g/mol. The Morgan fingerprint density at radius 2 is 2.19 bits per heavy atom. The first-order chi connectivity index (χ1) is 7.79. The van der Waals surface area contributed by atoms with Gasteiger partial charge in [-0.25, -0.2) is 0 Å². The summed E-state index contributed by atoms with van der Waals surface area (Å²) in [6.07, 6.45) is 0. The number of hydrogen-bond acceptors (Lipinski definition) is 3. The van der Waals surface area contributed by atoms with Crippen LogP contribution in [0.1, 0.15) is 10.4 Å². The van der Waals surface area contributed by atoms with Crippen molar-refractivity contribution in [1.82, 2.24) is 0 Å². The molecule has 0 aliphatic heterocycles. The molecule has 0 fully saturated rings. The topological polar surface area (TPSA) is 35.2 Å². The van der Waals surface area contributed by atoms with Crippen molar-refractivity contribution in [2.45, 2.75) is 13.2 Å². The molecule has 0 saturated heterocycles. The van der Waals surface area contributed by atoms with Crippen LogP contribution in [0.4, 0.5) is 0 Å². The van der Waals surface area contributed by atoms with E-state index < -0.39 is 0 Å². The van der Waals surface area contributed by atoms with Gasteiger partial charge in [0, 0.05) is 21.5 Å². The van der Waals surface area contributed by atoms with Crippen LogP contribution in [0.3, 0.4) is 0 Å². The van der Waals surface area contributed by atoms with Gasteiger partial charge in [0.1, 0.15) is 12.4 Å². The van der Waals surface area contributed by atoms with Crippen LogP contribution in [0.15, 0.2) is 40.2 Å². The summed E-state index contributed by atoms with van der Waals surface area (Å²) in [6, 6.07) is 9.98. The molecule has 0 atom stereocenters. The summed E-state index contributed by atoms with van der Waals surface area (Å²) in [7, 11) is 0. The first kappa shape index (κ1) is 11.6. The van der Waals surface area contributed by atoms with Gasteiger partial charge in [0.05, 0.1) is 0 Å². The van der Waals surface area contributed by atoms with E-state index in [1.165, 1.54) is 4.88 Å². The highest BCUT2D eigenvalue weighted by molar-refractivity contribution is 9.10. The summed E-state index contributed by atoms with van der Waals surface area (Å²) in [4.78, 5) is 1.21. The predicted molar refractivity (Wildman–Crippen MR) is 70.7 cm³/mol. The molecule has 0 aliphatic rings. The molecule has 1 heterocycles. The lowest BCUT2D eigenvalue weighted by Crippen LogP contribution is -2.02. The predicted octanol–water partition coefficient (Wildman–Crippen LogP) is 3.55. The van der Waals surface area contributed by atoms with Gasteiger partial charge >= 0.3 is 0 Å². The molecule has 16 heavy (non-hydrogen) atoms. The summed E-state index contributed by atoms with van der Waals surface area (Å²) in [6.45, 7) is 1.09. The van der Waals surface area contributed by atoms with Crippen LogP contribution >= 0.6 is 27.3 Å². The molecular formula is C12H12BrNOS. The van der Waals surface area contributed by atoms with E-state index in [0.717, 1.165) is 15.8 Å². The van der Waals surface area contributed by atoms with Crippen molar-refractivity contribution >= 4 is 27.3 Å². The fraction of sp³-hybridized carbons (Fsp3) is 0.167. The van der Waals surface area contributed by atoms with Crippen LogP contribution < -0.4 is 10.5 Å². The number of nitrogens with two attached hydrogens (primary N) is 1. The van der Waals surface area contributed by atoms with Crippen molar-refractivity contribution in [2.24, 2.45) is 5.73 Å². The second kappa shape index (κ2) is 5.48. The molecule has 0 spiro atoms. The molecule has 4 heteroatoms. The van der Waals surface area contributed by atoms with E-state index in [1.807, 2.05) is 29.6 Å². The molecule has 1 aromatic carbocycles. The maximum absolute atomic E-state index is 5.74. The van der Waals surface area contributed by atoms with Crippen LogP contribution in [-0.4, -0.2) is 0 Å². The zero-order chi connectivity index (χ0) is 11.4. The second-order valence-corrected chi connectivity index (χ2v) is 5.27. The van der Waals surface area contributed by atoms with Gasteiger partial charge in [0.2, 0.25) is 0 Å². The minimum absolute atomic E-state index is 0.485. The Labute approximate surface area is 107 Å². The largest absolute Gasteiger partial charge is 0.488 e. The van der Waals surface area contributed by atoms with E-state index in [1.54, 1.807) is 11.3 Å². The summed E-state index contributed by atoms with van der Waals surface area (Å²) < 4.78 is 6.76. The zero-order valence-electron chi connectivity index (χ0n) is 8.65. The summed E-state index contributed by atoms with van der Waals surface area (Å²) in [5.41, 5.74) is 6.69.